The highest BCUT2D eigenvalue weighted by molar-refractivity contribution is 5.85. The third-order valence-electron chi connectivity index (χ3n) is 5.46. The van der Waals surface area contributed by atoms with Crippen LogP contribution in [0.4, 0.5) is 0 Å². The van der Waals surface area contributed by atoms with Crippen LogP contribution in [0.3, 0.4) is 0 Å². The minimum atomic E-state index is -0.440. The number of rotatable bonds is 4. The lowest BCUT2D eigenvalue weighted by Crippen LogP contribution is -2.52. The zero-order valence-corrected chi connectivity index (χ0v) is 13.1. The summed E-state index contributed by atoms with van der Waals surface area (Å²) in [4.78, 5) is 38.6. The van der Waals surface area contributed by atoms with Crippen LogP contribution in [0, 0.1) is 10.8 Å². The molecule has 0 aliphatic heterocycles. The molecule has 23 heavy (non-hydrogen) atoms. The van der Waals surface area contributed by atoms with Gasteiger partial charge in [0.05, 0.1) is 19.1 Å². The first-order chi connectivity index (χ1) is 11.0. The maximum absolute atomic E-state index is 12.6. The van der Waals surface area contributed by atoms with Crippen LogP contribution >= 0.6 is 0 Å². The molecule has 3 saturated carbocycles. The van der Waals surface area contributed by atoms with E-state index < -0.39 is 10.8 Å². The molecule has 1 aromatic rings. The SMILES string of the molecule is COC(=O)C12CCC(C(=O)NCc3nnc[nH]c3=O)(CC1)CC2. The van der Waals surface area contributed by atoms with Gasteiger partial charge in [-0.15, -0.1) is 10.2 Å². The van der Waals surface area contributed by atoms with Crippen molar-refractivity contribution in [3.8, 4) is 0 Å². The Labute approximate surface area is 133 Å². The fraction of sp³-hybridized carbons (Fsp3) is 0.667. The molecule has 1 aromatic heterocycles. The molecule has 4 rings (SSSR count). The van der Waals surface area contributed by atoms with Crippen LogP contribution < -0.4 is 10.9 Å². The zero-order valence-electron chi connectivity index (χ0n) is 13.1. The maximum atomic E-state index is 12.6. The molecule has 0 aromatic carbocycles. The van der Waals surface area contributed by atoms with E-state index in [2.05, 4.69) is 20.5 Å². The van der Waals surface area contributed by atoms with Crippen molar-refractivity contribution in [2.45, 2.75) is 45.1 Å². The average molecular weight is 320 g/mol. The first kappa shape index (κ1) is 15.6. The number of carbonyl (C=O) groups excluding carboxylic acids is 2. The number of fused-ring (bicyclic) bond motifs is 3. The Balaban J connectivity index is 1.65. The summed E-state index contributed by atoms with van der Waals surface area (Å²) in [6, 6.07) is 0. The fourth-order valence-electron chi connectivity index (χ4n) is 3.83. The monoisotopic (exact) mass is 320 g/mol. The summed E-state index contributed by atoms with van der Waals surface area (Å²) in [6.45, 7) is 0.0614. The summed E-state index contributed by atoms with van der Waals surface area (Å²) >= 11 is 0. The van der Waals surface area contributed by atoms with E-state index in [0.717, 1.165) is 0 Å². The number of amides is 1. The smallest absolute Gasteiger partial charge is 0.311 e. The van der Waals surface area contributed by atoms with Crippen LogP contribution in [0.15, 0.2) is 11.1 Å². The number of nitrogens with one attached hydrogen (secondary N) is 2. The van der Waals surface area contributed by atoms with Gasteiger partial charge in [-0.25, -0.2) is 0 Å². The van der Waals surface area contributed by atoms with Crippen molar-refractivity contribution in [1.82, 2.24) is 20.5 Å². The molecule has 1 amide bonds. The normalized spacial score (nSPS) is 29.1. The van der Waals surface area contributed by atoms with Gasteiger partial charge in [-0.3, -0.25) is 14.4 Å². The van der Waals surface area contributed by atoms with Gasteiger partial charge in [-0.05, 0) is 38.5 Å². The van der Waals surface area contributed by atoms with Gasteiger partial charge in [0, 0.05) is 5.41 Å². The lowest BCUT2D eigenvalue weighted by Gasteiger charge is -2.50. The molecule has 0 atom stereocenters. The van der Waals surface area contributed by atoms with Crippen LogP contribution in [0.5, 0.6) is 0 Å². The van der Waals surface area contributed by atoms with Crippen molar-refractivity contribution in [2.24, 2.45) is 10.8 Å². The molecule has 0 radical (unpaired) electrons. The van der Waals surface area contributed by atoms with Crippen molar-refractivity contribution >= 4 is 11.9 Å². The first-order valence-electron chi connectivity index (χ1n) is 7.77. The topological polar surface area (TPSA) is 114 Å². The Morgan fingerprint density at radius 2 is 1.83 bits per heavy atom. The van der Waals surface area contributed by atoms with Crippen LogP contribution in [-0.4, -0.2) is 34.2 Å². The van der Waals surface area contributed by atoms with Crippen molar-refractivity contribution in [3.63, 3.8) is 0 Å². The molecule has 3 fully saturated rings. The molecule has 2 N–H and O–H groups in total. The van der Waals surface area contributed by atoms with Gasteiger partial charge in [-0.1, -0.05) is 0 Å². The van der Waals surface area contributed by atoms with Crippen molar-refractivity contribution in [1.29, 1.82) is 0 Å². The van der Waals surface area contributed by atoms with Crippen molar-refractivity contribution in [3.05, 3.63) is 22.4 Å². The summed E-state index contributed by atoms with van der Waals surface area (Å²) in [5, 5.41) is 10.1. The van der Waals surface area contributed by atoms with E-state index in [-0.39, 0.29) is 29.7 Å². The number of hydrogen-bond acceptors (Lipinski definition) is 6. The number of aromatic amines is 1. The van der Waals surface area contributed by atoms with Gasteiger partial charge in [0.25, 0.3) is 5.56 Å². The number of hydrogen-bond donors (Lipinski definition) is 2. The number of aromatic nitrogens is 3. The Morgan fingerprint density at radius 1 is 1.22 bits per heavy atom. The third-order valence-corrected chi connectivity index (χ3v) is 5.46. The molecule has 8 heteroatoms. The highest BCUT2D eigenvalue weighted by Crippen LogP contribution is 2.57. The minimum Gasteiger partial charge on any atom is -0.469 e. The second-order valence-electron chi connectivity index (χ2n) is 6.50. The van der Waals surface area contributed by atoms with Crippen molar-refractivity contribution in [2.75, 3.05) is 7.11 Å². The molecule has 3 aliphatic rings. The van der Waals surface area contributed by atoms with E-state index in [1.165, 1.54) is 13.4 Å². The van der Waals surface area contributed by atoms with E-state index in [0.29, 0.717) is 38.5 Å². The second kappa shape index (κ2) is 5.75. The number of H-pyrrole nitrogens is 1. The van der Waals surface area contributed by atoms with E-state index in [1.807, 2.05) is 0 Å². The lowest BCUT2D eigenvalue weighted by atomic mass is 9.53. The Bertz CT molecular complexity index is 660. The van der Waals surface area contributed by atoms with Gasteiger partial charge in [0.2, 0.25) is 5.91 Å². The van der Waals surface area contributed by atoms with Gasteiger partial charge >= 0.3 is 5.97 Å². The summed E-state index contributed by atoms with van der Waals surface area (Å²) in [5.41, 5.74) is -1.01. The van der Waals surface area contributed by atoms with E-state index in [9.17, 15) is 14.4 Å². The number of ether oxygens (including phenoxy) is 1. The molecular formula is C15H20N4O4. The second-order valence-corrected chi connectivity index (χ2v) is 6.50. The number of carbonyl (C=O) groups is 2. The van der Waals surface area contributed by atoms with E-state index in [4.69, 9.17) is 4.74 Å². The van der Waals surface area contributed by atoms with Gasteiger partial charge in [-0.2, -0.15) is 0 Å². The number of nitrogens with zero attached hydrogens (tertiary/aromatic N) is 2. The predicted molar refractivity (Wildman–Crippen MR) is 79.1 cm³/mol. The van der Waals surface area contributed by atoms with Crippen LogP contribution in [0.25, 0.3) is 0 Å². The van der Waals surface area contributed by atoms with E-state index >= 15 is 0 Å². The van der Waals surface area contributed by atoms with Crippen LogP contribution in [0.2, 0.25) is 0 Å². The average Bonchev–Trinajstić information content (AvgIpc) is 2.61. The number of esters is 1. The highest BCUT2D eigenvalue weighted by Gasteiger charge is 2.55. The molecule has 1 heterocycles. The van der Waals surface area contributed by atoms with Gasteiger partial charge in [0.15, 0.2) is 0 Å². The minimum absolute atomic E-state index is 0.0614. The standard InChI is InChI=1S/C15H20N4O4/c1-23-13(22)15-5-2-14(3-6-15,4-7-15)12(21)16-8-10-11(20)17-9-18-19-10/h9H,2-8H2,1H3,(H,16,21)(H,17,18,20). The molecule has 0 spiro atoms. The number of methoxy groups -OCH3 is 1. The largest absolute Gasteiger partial charge is 0.469 e. The van der Waals surface area contributed by atoms with Gasteiger partial charge < -0.3 is 15.0 Å². The third kappa shape index (κ3) is 2.62. The Hall–Kier alpha value is -2.25. The molecule has 124 valence electrons. The first-order valence-corrected chi connectivity index (χ1v) is 7.77. The summed E-state index contributed by atoms with van der Waals surface area (Å²) in [5.74, 6) is -0.224. The zero-order chi connectivity index (χ0) is 16.5. The maximum Gasteiger partial charge on any atom is 0.311 e. The molecule has 0 saturated heterocycles. The predicted octanol–water partition coefficient (Wildman–Crippen LogP) is 0.295. The molecule has 8 nitrogen and oxygen atoms in total. The van der Waals surface area contributed by atoms with Crippen molar-refractivity contribution < 1.29 is 14.3 Å². The summed E-state index contributed by atoms with van der Waals surface area (Å²) in [7, 11) is 1.42. The molecule has 3 aliphatic carbocycles. The lowest BCUT2D eigenvalue weighted by molar-refractivity contribution is -0.166. The summed E-state index contributed by atoms with van der Waals surface area (Å²) < 4.78 is 4.93. The van der Waals surface area contributed by atoms with E-state index in [1.54, 1.807) is 0 Å². The van der Waals surface area contributed by atoms with Crippen LogP contribution in [-0.2, 0) is 20.9 Å². The fourth-order valence-corrected chi connectivity index (χ4v) is 3.83. The highest BCUT2D eigenvalue weighted by atomic mass is 16.5. The Morgan fingerprint density at radius 3 is 2.39 bits per heavy atom. The Kier molecular flexibility index (Phi) is 3.91. The van der Waals surface area contributed by atoms with Gasteiger partial charge in [0.1, 0.15) is 12.0 Å². The molecule has 0 unspecified atom stereocenters. The molecule has 2 bridgehead atoms. The quantitative estimate of drug-likeness (QED) is 0.771. The molecular weight excluding hydrogens is 300 g/mol. The van der Waals surface area contributed by atoms with Crippen LogP contribution in [0.1, 0.15) is 44.2 Å². The summed E-state index contributed by atoms with van der Waals surface area (Å²) in [6.07, 6.45) is 5.26.